The van der Waals surface area contributed by atoms with Crippen LogP contribution in [-0.4, -0.2) is 11.8 Å². The minimum Gasteiger partial charge on any atom is -0.298 e. The van der Waals surface area contributed by atoms with Crippen molar-refractivity contribution in [2.24, 2.45) is 23.7 Å². The van der Waals surface area contributed by atoms with Crippen LogP contribution >= 0.6 is 11.8 Å². The summed E-state index contributed by atoms with van der Waals surface area (Å²) in [4.78, 5) is 14.8. The van der Waals surface area contributed by atoms with Gasteiger partial charge in [-0.15, -0.1) is 0 Å². The summed E-state index contributed by atoms with van der Waals surface area (Å²) in [7, 11) is 0. The molecule has 0 heterocycles. The Bertz CT molecular complexity index is 315. The molecule has 1 unspecified atom stereocenters. The Hall–Kier alpha value is -0.340. The predicted molar refractivity (Wildman–Crippen MR) is 59.4 cm³/mol. The number of ketones is 1. The molecule has 0 radical (unpaired) electrons. The fourth-order valence-electron chi connectivity index (χ4n) is 3.76. The fraction of sp³-hybridized carbons (Fsp3) is 0.750. The Kier molecular flexibility index (Phi) is 2.37. The third kappa shape index (κ3) is 1.38. The van der Waals surface area contributed by atoms with E-state index in [-0.39, 0.29) is 12.0 Å². The highest BCUT2D eigenvalue weighted by molar-refractivity contribution is 6.15. The molecule has 82 valence electrons. The van der Waals surface area contributed by atoms with Crippen LogP contribution in [0.2, 0.25) is 0 Å². The Morgan fingerprint density at radius 3 is 2.53 bits per heavy atom. The largest absolute Gasteiger partial charge is 0.298 e. The number of hydrogen-bond acceptors (Lipinski definition) is 2. The van der Waals surface area contributed by atoms with E-state index in [0.717, 1.165) is 12.8 Å². The van der Waals surface area contributed by atoms with Gasteiger partial charge in [-0.2, -0.15) is 0 Å². The molecule has 2 saturated carbocycles. The minimum atomic E-state index is -0.0966. The van der Waals surface area contributed by atoms with Crippen molar-refractivity contribution in [3.8, 4) is 0 Å². The van der Waals surface area contributed by atoms with Crippen molar-refractivity contribution in [1.29, 1.82) is 0 Å². The van der Waals surface area contributed by atoms with E-state index in [1.807, 2.05) is 0 Å². The first-order valence-electron chi connectivity index (χ1n) is 5.89. The number of nitrogens with one attached hydrogen (secondary N) is 1. The Balaban J connectivity index is 1.89. The van der Waals surface area contributed by atoms with Gasteiger partial charge in [0.25, 0.3) is 0 Å². The minimum absolute atomic E-state index is 0.0966. The molecule has 0 aromatic carbocycles. The van der Waals surface area contributed by atoms with E-state index in [0.29, 0.717) is 23.5 Å². The van der Waals surface area contributed by atoms with Crippen LogP contribution in [0.25, 0.3) is 0 Å². The summed E-state index contributed by atoms with van der Waals surface area (Å²) in [5.74, 6) is 2.40. The Morgan fingerprint density at radius 2 is 1.87 bits per heavy atom. The average Bonchev–Trinajstić information content (AvgIpc) is 2.31. The van der Waals surface area contributed by atoms with Gasteiger partial charge < -0.3 is 0 Å². The quantitative estimate of drug-likeness (QED) is 0.548. The zero-order valence-electron chi connectivity index (χ0n) is 8.66. The molecule has 5 atom stereocenters. The average molecular weight is 226 g/mol. The van der Waals surface area contributed by atoms with Crippen LogP contribution in [0.5, 0.6) is 0 Å². The van der Waals surface area contributed by atoms with Gasteiger partial charge in [0.05, 0.1) is 6.04 Å². The Labute approximate surface area is 95.2 Å². The normalized spacial score (nSPS) is 48.1. The van der Waals surface area contributed by atoms with Gasteiger partial charge in [-0.1, -0.05) is 12.2 Å². The molecule has 0 aromatic heterocycles. The summed E-state index contributed by atoms with van der Waals surface area (Å²) in [6, 6.07) is -0.0966. The van der Waals surface area contributed by atoms with Gasteiger partial charge in [0.2, 0.25) is 0 Å². The second kappa shape index (κ2) is 3.60. The second-order valence-corrected chi connectivity index (χ2v) is 5.34. The number of halogens is 1. The highest BCUT2D eigenvalue weighted by Crippen LogP contribution is 2.49. The summed E-state index contributed by atoms with van der Waals surface area (Å²) in [5, 5.41) is 0. The lowest BCUT2D eigenvalue weighted by molar-refractivity contribution is -0.133. The van der Waals surface area contributed by atoms with E-state index in [9.17, 15) is 4.79 Å². The summed E-state index contributed by atoms with van der Waals surface area (Å²) >= 11 is 5.62. The molecule has 0 saturated heterocycles. The molecule has 0 amide bonds. The molecule has 0 aromatic rings. The van der Waals surface area contributed by atoms with Crippen molar-refractivity contribution in [3.05, 3.63) is 12.2 Å². The highest BCUT2D eigenvalue weighted by atomic mass is 35.5. The molecular weight excluding hydrogens is 210 g/mol. The number of Topliss-reactive ketones (excluding diaryl/α,β-unsaturated/α-hetero) is 1. The van der Waals surface area contributed by atoms with Crippen molar-refractivity contribution in [1.82, 2.24) is 4.84 Å². The van der Waals surface area contributed by atoms with E-state index < -0.39 is 0 Å². The standard InChI is InChI=1S/C12H16ClNO/c13-14-10-6-5-9-7-1-3-8(4-2-7)11(9)12(10)15/h1,3,7-11,14H,2,4-6H2/t7-,8+,9-,10?,11+/m0/s1. The topological polar surface area (TPSA) is 29.1 Å². The second-order valence-electron chi connectivity index (χ2n) is 5.12. The van der Waals surface area contributed by atoms with Crippen molar-refractivity contribution in [2.75, 3.05) is 0 Å². The first-order chi connectivity index (χ1) is 7.31. The van der Waals surface area contributed by atoms with E-state index in [1.165, 1.54) is 12.8 Å². The molecule has 1 N–H and O–H groups in total. The number of allylic oxidation sites excluding steroid dienone is 2. The van der Waals surface area contributed by atoms with Crippen molar-refractivity contribution >= 4 is 17.6 Å². The van der Waals surface area contributed by atoms with Crippen LogP contribution in [0.15, 0.2) is 12.2 Å². The van der Waals surface area contributed by atoms with E-state index in [4.69, 9.17) is 11.8 Å². The van der Waals surface area contributed by atoms with Crippen LogP contribution in [0, 0.1) is 23.7 Å². The maximum atomic E-state index is 12.2. The first kappa shape index (κ1) is 9.86. The SMILES string of the molecule is O=C1C(NCl)CC[C@@H]2[C@H]1[C@@H]1C=C[C@H]2CC1. The summed E-state index contributed by atoms with van der Waals surface area (Å²) in [5.41, 5.74) is 0. The van der Waals surface area contributed by atoms with Crippen molar-refractivity contribution in [2.45, 2.75) is 31.7 Å². The van der Waals surface area contributed by atoms with Crippen molar-refractivity contribution < 1.29 is 4.79 Å². The number of rotatable bonds is 1. The van der Waals surface area contributed by atoms with E-state index in [2.05, 4.69) is 17.0 Å². The predicted octanol–water partition coefficient (Wildman–Crippen LogP) is 2.29. The summed E-state index contributed by atoms with van der Waals surface area (Å²) < 4.78 is 0. The number of fused-ring (bicyclic) bond motifs is 1. The third-order valence-corrected chi connectivity index (χ3v) is 4.77. The smallest absolute Gasteiger partial charge is 0.154 e. The van der Waals surface area contributed by atoms with Gasteiger partial charge in [0.1, 0.15) is 0 Å². The van der Waals surface area contributed by atoms with Gasteiger partial charge in [-0.05, 0) is 55.2 Å². The van der Waals surface area contributed by atoms with Gasteiger partial charge in [-0.3, -0.25) is 4.79 Å². The van der Waals surface area contributed by atoms with E-state index in [1.54, 1.807) is 0 Å². The van der Waals surface area contributed by atoms with Crippen LogP contribution in [0.1, 0.15) is 25.7 Å². The molecule has 2 nitrogen and oxygen atoms in total. The number of hydrogen-bond donors (Lipinski definition) is 1. The van der Waals surface area contributed by atoms with Crippen LogP contribution in [0.4, 0.5) is 0 Å². The lowest BCUT2D eigenvalue weighted by atomic mass is 9.56. The molecule has 3 heteroatoms. The lowest BCUT2D eigenvalue weighted by Gasteiger charge is -2.48. The maximum Gasteiger partial charge on any atom is 0.154 e. The lowest BCUT2D eigenvalue weighted by Crippen LogP contribution is -2.51. The number of carbonyl (C=O) groups excluding carboxylic acids is 1. The van der Waals surface area contributed by atoms with Gasteiger partial charge in [-0.25, -0.2) is 4.84 Å². The first-order valence-corrected chi connectivity index (χ1v) is 6.27. The monoisotopic (exact) mass is 225 g/mol. The molecule has 4 aliphatic rings. The van der Waals surface area contributed by atoms with Gasteiger partial charge in [0.15, 0.2) is 5.78 Å². The van der Waals surface area contributed by atoms with Crippen LogP contribution in [0.3, 0.4) is 0 Å². The summed E-state index contributed by atoms with van der Waals surface area (Å²) in [6.07, 6.45) is 9.17. The maximum absolute atomic E-state index is 12.2. The highest BCUT2D eigenvalue weighted by Gasteiger charge is 2.48. The third-order valence-electron chi connectivity index (χ3n) is 4.50. The van der Waals surface area contributed by atoms with Crippen LogP contribution < -0.4 is 4.84 Å². The molecule has 4 rings (SSSR count). The van der Waals surface area contributed by atoms with Crippen LogP contribution in [-0.2, 0) is 4.79 Å². The zero-order chi connectivity index (χ0) is 10.4. The summed E-state index contributed by atoms with van der Waals surface area (Å²) in [6.45, 7) is 0. The molecular formula is C12H16ClNO. The van der Waals surface area contributed by atoms with Gasteiger partial charge >= 0.3 is 0 Å². The van der Waals surface area contributed by atoms with Gasteiger partial charge in [0, 0.05) is 5.92 Å². The molecule has 2 bridgehead atoms. The molecule has 0 spiro atoms. The molecule has 0 aliphatic heterocycles. The Morgan fingerprint density at radius 1 is 1.13 bits per heavy atom. The van der Waals surface area contributed by atoms with E-state index >= 15 is 0 Å². The molecule has 2 fully saturated rings. The fourth-order valence-corrected chi connectivity index (χ4v) is 3.98. The van der Waals surface area contributed by atoms with Crippen molar-refractivity contribution in [3.63, 3.8) is 0 Å². The number of carbonyl (C=O) groups is 1. The molecule has 15 heavy (non-hydrogen) atoms. The zero-order valence-corrected chi connectivity index (χ0v) is 9.41. The molecule has 4 aliphatic carbocycles.